The number of hydrogen-bond acceptors (Lipinski definition) is 5. The molecule has 1 heterocycles. The van der Waals surface area contributed by atoms with E-state index in [2.05, 4.69) is 5.32 Å². The molecule has 0 saturated heterocycles. The van der Waals surface area contributed by atoms with Crippen molar-refractivity contribution in [3.63, 3.8) is 0 Å². The minimum atomic E-state index is -3.67. The molecule has 18 heavy (non-hydrogen) atoms. The summed E-state index contributed by atoms with van der Waals surface area (Å²) in [5.74, 6) is -0.145. The molecule has 0 bridgehead atoms. The van der Waals surface area contributed by atoms with Crippen molar-refractivity contribution >= 4 is 27.3 Å². The fourth-order valence-electron chi connectivity index (χ4n) is 1.27. The lowest BCUT2D eigenvalue weighted by molar-refractivity contribution is -0.120. The van der Waals surface area contributed by atoms with Crippen molar-refractivity contribution in [3.05, 3.63) is 17.0 Å². The number of amides is 1. The van der Waals surface area contributed by atoms with Gasteiger partial charge in [0.15, 0.2) is 0 Å². The molecule has 0 radical (unpaired) electrons. The van der Waals surface area contributed by atoms with Crippen LogP contribution in [0.5, 0.6) is 0 Å². The van der Waals surface area contributed by atoms with Gasteiger partial charge in [0.1, 0.15) is 4.21 Å². The molecule has 0 fully saturated rings. The predicted octanol–water partition coefficient (Wildman–Crippen LogP) is 0.0907. The Morgan fingerprint density at radius 2 is 2.22 bits per heavy atom. The van der Waals surface area contributed by atoms with Crippen molar-refractivity contribution in [2.75, 3.05) is 20.3 Å². The number of hydrogen-bond donors (Lipinski definition) is 2. The summed E-state index contributed by atoms with van der Waals surface area (Å²) in [6, 6.07) is 3.01. The predicted molar refractivity (Wildman–Crippen MR) is 68.9 cm³/mol. The summed E-state index contributed by atoms with van der Waals surface area (Å²) in [6.07, 6.45) is 0.905. The average Bonchev–Trinajstić information content (AvgIpc) is 2.72. The molecule has 0 unspecified atom stereocenters. The third-order valence-electron chi connectivity index (χ3n) is 2.10. The number of carbonyl (C=O) groups is 1. The second-order valence-corrected chi connectivity index (χ2v) is 6.60. The molecule has 102 valence electrons. The Labute approximate surface area is 110 Å². The first-order chi connectivity index (χ1) is 8.43. The Morgan fingerprint density at radius 3 is 2.78 bits per heavy atom. The first-order valence-corrected chi connectivity index (χ1v) is 7.67. The van der Waals surface area contributed by atoms with Crippen LogP contribution in [0.2, 0.25) is 0 Å². The van der Waals surface area contributed by atoms with Gasteiger partial charge in [-0.15, -0.1) is 11.3 Å². The number of methoxy groups -OCH3 is 1. The highest BCUT2D eigenvalue weighted by atomic mass is 32.2. The van der Waals surface area contributed by atoms with Gasteiger partial charge in [0, 0.05) is 25.1 Å². The van der Waals surface area contributed by atoms with E-state index in [0.717, 1.165) is 17.8 Å². The zero-order chi connectivity index (χ0) is 13.6. The van der Waals surface area contributed by atoms with E-state index < -0.39 is 10.0 Å². The lowest BCUT2D eigenvalue weighted by Gasteiger charge is -2.03. The number of rotatable bonds is 7. The Bertz CT molecular complexity index is 496. The zero-order valence-electron chi connectivity index (χ0n) is 10.0. The molecule has 0 saturated carbocycles. The van der Waals surface area contributed by atoms with E-state index in [9.17, 15) is 13.2 Å². The topological polar surface area (TPSA) is 98.5 Å². The summed E-state index contributed by atoms with van der Waals surface area (Å²) in [7, 11) is -2.07. The molecular weight excluding hydrogens is 276 g/mol. The maximum Gasteiger partial charge on any atom is 0.247 e. The van der Waals surface area contributed by atoms with Crippen LogP contribution < -0.4 is 10.5 Å². The van der Waals surface area contributed by atoms with Gasteiger partial charge in [-0.25, -0.2) is 13.6 Å². The lowest BCUT2D eigenvalue weighted by atomic mass is 10.3. The SMILES string of the molecule is COCCCNC(=O)Cc1ccc(S(N)(=O)=O)s1. The van der Waals surface area contributed by atoms with Gasteiger partial charge in [0.25, 0.3) is 0 Å². The summed E-state index contributed by atoms with van der Waals surface area (Å²) in [6.45, 7) is 1.13. The number of ether oxygens (including phenoxy) is 1. The van der Waals surface area contributed by atoms with Gasteiger partial charge in [-0.05, 0) is 18.6 Å². The van der Waals surface area contributed by atoms with Crippen LogP contribution in [0.3, 0.4) is 0 Å². The first-order valence-electron chi connectivity index (χ1n) is 5.30. The number of nitrogens with two attached hydrogens (primary N) is 1. The Hall–Kier alpha value is -0.960. The van der Waals surface area contributed by atoms with Crippen molar-refractivity contribution in [2.24, 2.45) is 5.14 Å². The van der Waals surface area contributed by atoms with Gasteiger partial charge in [0.05, 0.1) is 6.42 Å². The number of sulfonamides is 1. The number of primary sulfonamides is 1. The minimum absolute atomic E-state index is 0.0738. The van der Waals surface area contributed by atoms with Gasteiger partial charge in [-0.2, -0.15) is 0 Å². The monoisotopic (exact) mass is 292 g/mol. The maximum atomic E-state index is 11.5. The smallest absolute Gasteiger partial charge is 0.247 e. The second kappa shape index (κ2) is 6.83. The molecule has 1 rings (SSSR count). The van der Waals surface area contributed by atoms with E-state index in [0.29, 0.717) is 18.0 Å². The molecule has 1 aromatic rings. The normalized spacial score (nSPS) is 11.4. The molecule has 0 aliphatic heterocycles. The summed E-state index contributed by atoms with van der Waals surface area (Å²) < 4.78 is 27.0. The summed E-state index contributed by atoms with van der Waals surface area (Å²) in [4.78, 5) is 12.2. The van der Waals surface area contributed by atoms with Crippen LogP contribution in [0.4, 0.5) is 0 Å². The van der Waals surface area contributed by atoms with Crippen molar-refractivity contribution in [3.8, 4) is 0 Å². The van der Waals surface area contributed by atoms with E-state index in [1.807, 2.05) is 0 Å². The Balaban J connectivity index is 2.43. The third-order valence-corrected chi connectivity index (χ3v) is 4.62. The van der Waals surface area contributed by atoms with Crippen molar-refractivity contribution in [2.45, 2.75) is 17.1 Å². The lowest BCUT2D eigenvalue weighted by Crippen LogP contribution is -2.26. The second-order valence-electron chi connectivity index (χ2n) is 3.64. The molecule has 6 nitrogen and oxygen atoms in total. The minimum Gasteiger partial charge on any atom is -0.385 e. The first kappa shape index (κ1) is 15.1. The molecular formula is C10H16N2O4S2. The fourth-order valence-corrected chi connectivity index (χ4v) is 3.05. The quantitative estimate of drug-likeness (QED) is 0.696. The molecule has 0 aliphatic carbocycles. The standard InChI is InChI=1S/C10H16N2O4S2/c1-16-6-2-5-12-9(13)7-8-3-4-10(17-8)18(11,14)15/h3-4H,2,5-7H2,1H3,(H,12,13)(H2,11,14,15). The molecule has 0 spiro atoms. The zero-order valence-corrected chi connectivity index (χ0v) is 11.6. The van der Waals surface area contributed by atoms with Crippen LogP contribution in [-0.2, 0) is 26.0 Å². The number of carbonyl (C=O) groups excluding carboxylic acids is 1. The van der Waals surface area contributed by atoms with Crippen LogP contribution >= 0.6 is 11.3 Å². The molecule has 3 N–H and O–H groups in total. The highest BCUT2D eigenvalue weighted by molar-refractivity contribution is 7.91. The van der Waals surface area contributed by atoms with Crippen molar-refractivity contribution in [1.82, 2.24) is 5.32 Å². The molecule has 0 aromatic carbocycles. The van der Waals surface area contributed by atoms with Gasteiger partial charge in [0.2, 0.25) is 15.9 Å². The van der Waals surface area contributed by atoms with Gasteiger partial charge < -0.3 is 10.1 Å². The van der Waals surface area contributed by atoms with E-state index in [-0.39, 0.29) is 16.5 Å². The summed E-state index contributed by atoms with van der Waals surface area (Å²) >= 11 is 1.01. The number of nitrogens with one attached hydrogen (secondary N) is 1. The third kappa shape index (κ3) is 5.13. The van der Waals surface area contributed by atoms with Crippen LogP contribution in [0.15, 0.2) is 16.3 Å². The van der Waals surface area contributed by atoms with Gasteiger partial charge in [-0.3, -0.25) is 4.79 Å². The Kier molecular flexibility index (Phi) is 5.73. The maximum absolute atomic E-state index is 11.5. The highest BCUT2D eigenvalue weighted by Gasteiger charge is 2.12. The van der Waals surface area contributed by atoms with Gasteiger partial charge >= 0.3 is 0 Å². The van der Waals surface area contributed by atoms with Gasteiger partial charge in [-0.1, -0.05) is 0 Å². The molecule has 1 aromatic heterocycles. The van der Waals surface area contributed by atoms with Crippen LogP contribution in [-0.4, -0.2) is 34.6 Å². The van der Waals surface area contributed by atoms with Crippen LogP contribution in [0.25, 0.3) is 0 Å². The van der Waals surface area contributed by atoms with E-state index in [4.69, 9.17) is 9.88 Å². The van der Waals surface area contributed by atoms with E-state index in [1.54, 1.807) is 13.2 Å². The fraction of sp³-hybridized carbons (Fsp3) is 0.500. The molecule has 1 amide bonds. The largest absolute Gasteiger partial charge is 0.385 e. The van der Waals surface area contributed by atoms with Crippen molar-refractivity contribution < 1.29 is 17.9 Å². The van der Waals surface area contributed by atoms with Crippen LogP contribution in [0, 0.1) is 0 Å². The number of thiophene rings is 1. The Morgan fingerprint density at radius 1 is 1.50 bits per heavy atom. The van der Waals surface area contributed by atoms with E-state index in [1.165, 1.54) is 6.07 Å². The summed E-state index contributed by atoms with van der Waals surface area (Å²) in [5.41, 5.74) is 0. The highest BCUT2D eigenvalue weighted by Crippen LogP contribution is 2.20. The molecule has 0 aliphatic rings. The molecule has 0 atom stereocenters. The van der Waals surface area contributed by atoms with Crippen molar-refractivity contribution in [1.29, 1.82) is 0 Å². The van der Waals surface area contributed by atoms with E-state index >= 15 is 0 Å². The summed E-state index contributed by atoms with van der Waals surface area (Å²) in [5, 5.41) is 7.70. The molecule has 8 heteroatoms. The average molecular weight is 292 g/mol. The van der Waals surface area contributed by atoms with Crippen LogP contribution in [0.1, 0.15) is 11.3 Å².